The number of rotatable bonds is 5. The summed E-state index contributed by atoms with van der Waals surface area (Å²) in [5, 5.41) is 0. The van der Waals surface area contributed by atoms with Gasteiger partial charge in [0.2, 0.25) is 0 Å². The molecule has 2 aromatic rings. The molecule has 3 rings (SSSR count). The van der Waals surface area contributed by atoms with Crippen LogP contribution in [-0.2, 0) is 14.6 Å². The lowest BCUT2D eigenvalue weighted by molar-refractivity contribution is -0.111. The van der Waals surface area contributed by atoms with Crippen molar-refractivity contribution in [2.24, 2.45) is 0 Å². The summed E-state index contributed by atoms with van der Waals surface area (Å²) in [6.07, 6.45) is 6.17. The maximum absolute atomic E-state index is 12.8. The Labute approximate surface area is 165 Å². The number of Topliss-reactive ketones (excluding diaryl/α,β-unsaturated/α-hetero) is 1. The molecule has 0 unspecified atom stereocenters. The normalized spacial score (nSPS) is 17.3. The van der Waals surface area contributed by atoms with E-state index in [0.717, 1.165) is 16.7 Å². The predicted molar refractivity (Wildman–Crippen MR) is 109 cm³/mol. The average molecular weight is 398 g/mol. The molecule has 0 aliphatic heterocycles. The highest BCUT2D eigenvalue weighted by Gasteiger charge is 2.23. The summed E-state index contributed by atoms with van der Waals surface area (Å²) in [5.41, 5.74) is 3.10. The van der Waals surface area contributed by atoms with E-state index in [1.165, 1.54) is 6.26 Å². The average Bonchev–Trinajstić information content (AvgIpc) is 3.00. The fourth-order valence-corrected chi connectivity index (χ4v) is 3.73. The van der Waals surface area contributed by atoms with Crippen LogP contribution in [0.15, 0.2) is 58.5 Å². The third-order valence-corrected chi connectivity index (χ3v) is 5.74. The maximum atomic E-state index is 12.8. The zero-order chi connectivity index (χ0) is 20.3. The van der Waals surface area contributed by atoms with E-state index in [1.54, 1.807) is 44.6 Å². The molecule has 28 heavy (non-hydrogen) atoms. The molecule has 0 amide bonds. The summed E-state index contributed by atoms with van der Waals surface area (Å²) in [6, 6.07) is 12.0. The molecule has 146 valence electrons. The van der Waals surface area contributed by atoms with Gasteiger partial charge in [0.15, 0.2) is 15.6 Å². The van der Waals surface area contributed by atoms with Crippen LogP contribution in [0.4, 0.5) is 0 Å². The number of benzene rings is 2. The van der Waals surface area contributed by atoms with E-state index in [0.29, 0.717) is 29.9 Å². The Kier molecular flexibility index (Phi) is 5.70. The van der Waals surface area contributed by atoms with Crippen LogP contribution in [0.5, 0.6) is 11.5 Å². The third-order valence-electron chi connectivity index (χ3n) is 4.61. The number of carbonyl (C=O) groups is 1. The van der Waals surface area contributed by atoms with Gasteiger partial charge in [0.25, 0.3) is 0 Å². The van der Waals surface area contributed by atoms with E-state index in [-0.39, 0.29) is 10.7 Å². The Bertz CT molecular complexity index is 1040. The van der Waals surface area contributed by atoms with Gasteiger partial charge in [0, 0.05) is 23.5 Å². The van der Waals surface area contributed by atoms with Gasteiger partial charge in [0.1, 0.15) is 11.5 Å². The summed E-state index contributed by atoms with van der Waals surface area (Å²) in [4.78, 5) is 13.0. The van der Waals surface area contributed by atoms with Crippen LogP contribution >= 0.6 is 0 Å². The van der Waals surface area contributed by atoms with Gasteiger partial charge in [-0.3, -0.25) is 4.79 Å². The van der Waals surface area contributed by atoms with Gasteiger partial charge in [-0.25, -0.2) is 8.42 Å². The number of sulfone groups is 1. The third kappa shape index (κ3) is 4.51. The number of hydrogen-bond donors (Lipinski definition) is 0. The number of ketones is 1. The van der Waals surface area contributed by atoms with Crippen molar-refractivity contribution in [2.75, 3.05) is 20.5 Å². The Hall–Kier alpha value is -2.86. The highest BCUT2D eigenvalue weighted by atomic mass is 32.2. The minimum absolute atomic E-state index is 0.00831. The molecule has 0 radical (unpaired) electrons. The van der Waals surface area contributed by atoms with Crippen LogP contribution in [0.3, 0.4) is 0 Å². The first kappa shape index (κ1) is 19.9. The van der Waals surface area contributed by atoms with Crippen LogP contribution in [0.1, 0.15) is 24.0 Å². The lowest BCUT2D eigenvalue weighted by atomic mass is 10.1. The van der Waals surface area contributed by atoms with Crippen LogP contribution < -0.4 is 9.47 Å². The number of carbonyl (C=O) groups excluding carboxylic acids is 1. The Morgan fingerprint density at radius 1 is 0.821 bits per heavy atom. The predicted octanol–water partition coefficient (Wildman–Crippen LogP) is 3.94. The fraction of sp³-hybridized carbons (Fsp3) is 0.227. The molecule has 0 N–H and O–H groups in total. The highest BCUT2D eigenvalue weighted by molar-refractivity contribution is 7.90. The maximum Gasteiger partial charge on any atom is 0.185 e. The van der Waals surface area contributed by atoms with Crippen molar-refractivity contribution in [1.29, 1.82) is 0 Å². The van der Waals surface area contributed by atoms with E-state index in [4.69, 9.17) is 9.47 Å². The van der Waals surface area contributed by atoms with Gasteiger partial charge in [-0.1, -0.05) is 12.1 Å². The quantitative estimate of drug-likeness (QED) is 0.714. The fourth-order valence-electron chi connectivity index (χ4n) is 3.10. The van der Waals surface area contributed by atoms with Crippen LogP contribution in [0.2, 0.25) is 0 Å². The standard InChI is InChI=1S/C22H22O5S/c1-26-19-12-16(13-20(14-19)27-2)11-18-7-6-17(22(18)23)10-15-4-8-21(9-5-15)28(3,24)25/h4-5,8-14H,6-7H2,1-3H3/b17-10+,18-11?. The van der Waals surface area contributed by atoms with Crippen LogP contribution in [0, 0.1) is 0 Å². The van der Waals surface area contributed by atoms with Crippen molar-refractivity contribution in [3.8, 4) is 11.5 Å². The first-order valence-corrected chi connectivity index (χ1v) is 10.7. The Balaban J connectivity index is 1.85. The van der Waals surface area contributed by atoms with E-state index in [1.807, 2.05) is 24.3 Å². The van der Waals surface area contributed by atoms with Gasteiger partial charge in [-0.05, 0) is 60.4 Å². The van der Waals surface area contributed by atoms with Gasteiger partial charge in [-0.15, -0.1) is 0 Å². The first-order chi connectivity index (χ1) is 13.3. The van der Waals surface area contributed by atoms with Crippen molar-refractivity contribution in [1.82, 2.24) is 0 Å². The summed E-state index contributed by atoms with van der Waals surface area (Å²) < 4.78 is 33.7. The number of ether oxygens (including phenoxy) is 2. The van der Waals surface area contributed by atoms with Crippen molar-refractivity contribution >= 4 is 27.8 Å². The zero-order valence-electron chi connectivity index (χ0n) is 16.1. The van der Waals surface area contributed by atoms with Crippen LogP contribution in [-0.4, -0.2) is 34.7 Å². The Morgan fingerprint density at radius 3 is 1.79 bits per heavy atom. The first-order valence-electron chi connectivity index (χ1n) is 8.79. The van der Waals surface area contributed by atoms with Crippen LogP contribution in [0.25, 0.3) is 12.2 Å². The minimum atomic E-state index is -3.23. The molecule has 0 bridgehead atoms. The molecule has 6 heteroatoms. The summed E-state index contributed by atoms with van der Waals surface area (Å²) >= 11 is 0. The number of methoxy groups -OCH3 is 2. The molecule has 2 aromatic carbocycles. The zero-order valence-corrected chi connectivity index (χ0v) is 16.9. The van der Waals surface area contributed by atoms with Gasteiger partial charge < -0.3 is 9.47 Å². The molecule has 0 heterocycles. The van der Waals surface area contributed by atoms with E-state index < -0.39 is 9.84 Å². The van der Waals surface area contributed by atoms with Crippen molar-refractivity contribution in [2.45, 2.75) is 17.7 Å². The van der Waals surface area contributed by atoms with E-state index in [9.17, 15) is 13.2 Å². The minimum Gasteiger partial charge on any atom is -0.497 e. The Morgan fingerprint density at radius 2 is 1.32 bits per heavy atom. The van der Waals surface area contributed by atoms with Gasteiger partial charge >= 0.3 is 0 Å². The van der Waals surface area contributed by atoms with E-state index in [2.05, 4.69) is 0 Å². The van der Waals surface area contributed by atoms with Gasteiger partial charge in [0.05, 0.1) is 19.1 Å². The second-order valence-corrected chi connectivity index (χ2v) is 8.67. The second-order valence-electron chi connectivity index (χ2n) is 6.66. The second kappa shape index (κ2) is 8.02. The molecule has 1 aliphatic rings. The van der Waals surface area contributed by atoms with Crippen molar-refractivity contribution in [3.05, 3.63) is 64.7 Å². The monoisotopic (exact) mass is 398 g/mol. The number of hydrogen-bond acceptors (Lipinski definition) is 5. The summed E-state index contributed by atoms with van der Waals surface area (Å²) in [5.74, 6) is 1.34. The topological polar surface area (TPSA) is 69.7 Å². The van der Waals surface area contributed by atoms with E-state index >= 15 is 0 Å². The smallest absolute Gasteiger partial charge is 0.185 e. The molecular formula is C22H22O5S. The molecule has 0 spiro atoms. The molecule has 1 saturated carbocycles. The molecule has 0 atom stereocenters. The molecule has 1 fully saturated rings. The SMILES string of the molecule is COc1cc(C=C2CC/C(=C\c3ccc(S(C)(=O)=O)cc3)C2=O)cc(OC)c1. The lowest BCUT2D eigenvalue weighted by Crippen LogP contribution is -1.97. The molecule has 1 aliphatic carbocycles. The molecular weight excluding hydrogens is 376 g/mol. The molecule has 0 saturated heterocycles. The van der Waals surface area contributed by atoms with Crippen molar-refractivity contribution < 1.29 is 22.7 Å². The lowest BCUT2D eigenvalue weighted by Gasteiger charge is -2.06. The summed E-state index contributed by atoms with van der Waals surface area (Å²) in [6.45, 7) is 0. The summed E-state index contributed by atoms with van der Waals surface area (Å²) in [7, 11) is -0.0585. The largest absolute Gasteiger partial charge is 0.497 e. The van der Waals surface area contributed by atoms with Gasteiger partial charge in [-0.2, -0.15) is 0 Å². The highest BCUT2D eigenvalue weighted by Crippen LogP contribution is 2.31. The van der Waals surface area contributed by atoms with Crippen molar-refractivity contribution in [3.63, 3.8) is 0 Å². The molecule has 0 aromatic heterocycles. The molecule has 5 nitrogen and oxygen atoms in total. The number of allylic oxidation sites excluding steroid dienone is 2.